The maximum atomic E-state index is 13.2. The molecule has 3 aliphatic rings. The number of fused-ring (bicyclic) bond motifs is 5. The summed E-state index contributed by atoms with van der Waals surface area (Å²) < 4.78 is 0. The normalized spacial score (nSPS) is 23.6. The maximum absolute atomic E-state index is 13.2. The quantitative estimate of drug-likeness (QED) is 0.192. The predicted octanol–water partition coefficient (Wildman–Crippen LogP) is 5.54. The third-order valence-electron chi connectivity index (χ3n) is 8.06. The molecule has 2 aliphatic carbocycles. The number of benzene rings is 3. The number of hydrogen-bond donors (Lipinski definition) is 1. The number of allylic oxidation sites excluding steroid dienone is 2. The SMILES string of the molecule is O=C1[C@H]2[C@H](C(=O)N1c1ccc(NCCC(c3ccccc3)c3ccccc3)c([N+](=O)[O-])c1)[C@H]1C=C[C@H]2C1. The molecular weight excluding hydrogens is 466 g/mol. The Hall–Kier alpha value is -4.26. The number of imide groups is 1. The summed E-state index contributed by atoms with van der Waals surface area (Å²) in [6.45, 7) is 0.509. The zero-order valence-corrected chi connectivity index (χ0v) is 20.2. The van der Waals surface area contributed by atoms with E-state index in [0.717, 1.165) is 12.8 Å². The number of carbonyl (C=O) groups excluding carboxylic acids is 2. The van der Waals surface area contributed by atoms with Crippen LogP contribution in [0.1, 0.15) is 29.9 Å². The highest BCUT2D eigenvalue weighted by molar-refractivity contribution is 6.23. The van der Waals surface area contributed by atoms with Gasteiger partial charge in [-0.3, -0.25) is 19.7 Å². The molecule has 186 valence electrons. The van der Waals surface area contributed by atoms with Crippen LogP contribution in [-0.2, 0) is 9.59 Å². The summed E-state index contributed by atoms with van der Waals surface area (Å²) in [6, 6.07) is 25.0. The Balaban J connectivity index is 1.21. The number of anilines is 2. The standard InChI is InChI=1S/C30H27N3O4/c34-29-27-21-11-12-22(17-21)28(27)30(35)32(29)23-13-14-25(26(18-23)33(36)37)31-16-15-24(19-7-3-1-4-8-19)20-9-5-2-6-10-20/h1-14,18,21-22,24,27-28,31H,15-17H2/t21-,22-,27+,28+/m0/s1. The van der Waals surface area contributed by atoms with Crippen molar-refractivity contribution in [2.75, 3.05) is 16.8 Å². The lowest BCUT2D eigenvalue weighted by molar-refractivity contribution is -0.383. The van der Waals surface area contributed by atoms with E-state index in [1.165, 1.54) is 22.1 Å². The number of nitrogens with one attached hydrogen (secondary N) is 1. The van der Waals surface area contributed by atoms with Gasteiger partial charge in [-0.25, -0.2) is 4.90 Å². The highest BCUT2D eigenvalue weighted by atomic mass is 16.6. The van der Waals surface area contributed by atoms with Crippen molar-refractivity contribution in [3.05, 3.63) is 112 Å². The van der Waals surface area contributed by atoms with Crippen molar-refractivity contribution < 1.29 is 14.5 Å². The zero-order chi connectivity index (χ0) is 25.5. The third kappa shape index (κ3) is 4.00. The van der Waals surface area contributed by atoms with Crippen LogP contribution in [0.3, 0.4) is 0 Å². The van der Waals surface area contributed by atoms with Gasteiger partial charge in [-0.15, -0.1) is 0 Å². The molecular formula is C30H27N3O4. The van der Waals surface area contributed by atoms with Crippen LogP contribution in [0.2, 0.25) is 0 Å². The summed E-state index contributed by atoms with van der Waals surface area (Å²) in [5, 5.41) is 15.2. The van der Waals surface area contributed by atoms with Gasteiger partial charge in [0.05, 0.1) is 22.4 Å². The van der Waals surface area contributed by atoms with Crippen LogP contribution in [0.15, 0.2) is 91.0 Å². The first-order valence-electron chi connectivity index (χ1n) is 12.7. The smallest absolute Gasteiger partial charge is 0.294 e. The predicted molar refractivity (Wildman–Crippen MR) is 141 cm³/mol. The molecule has 1 N–H and O–H groups in total. The Morgan fingerprint density at radius 2 is 1.43 bits per heavy atom. The van der Waals surface area contributed by atoms with Gasteiger partial charge < -0.3 is 5.32 Å². The van der Waals surface area contributed by atoms with Crippen molar-refractivity contribution in [2.45, 2.75) is 18.8 Å². The second-order valence-corrected chi connectivity index (χ2v) is 10.1. The molecule has 0 radical (unpaired) electrons. The van der Waals surface area contributed by atoms with E-state index in [0.29, 0.717) is 12.2 Å². The number of nitro benzene ring substituents is 1. The maximum Gasteiger partial charge on any atom is 0.294 e. The third-order valence-corrected chi connectivity index (χ3v) is 8.06. The summed E-state index contributed by atoms with van der Waals surface area (Å²) >= 11 is 0. The second-order valence-electron chi connectivity index (χ2n) is 10.1. The summed E-state index contributed by atoms with van der Waals surface area (Å²) in [6.07, 6.45) is 5.65. The van der Waals surface area contributed by atoms with Gasteiger partial charge >= 0.3 is 0 Å². The van der Waals surface area contributed by atoms with Crippen molar-refractivity contribution >= 4 is 28.9 Å². The Labute approximate surface area is 215 Å². The Morgan fingerprint density at radius 3 is 1.97 bits per heavy atom. The Morgan fingerprint density at radius 1 is 0.865 bits per heavy atom. The molecule has 7 heteroatoms. The number of hydrogen-bond acceptors (Lipinski definition) is 5. The molecule has 3 aromatic rings. The summed E-state index contributed by atoms with van der Waals surface area (Å²) in [7, 11) is 0. The molecule has 0 aromatic heterocycles. The van der Waals surface area contributed by atoms with Crippen molar-refractivity contribution in [3.63, 3.8) is 0 Å². The fourth-order valence-corrected chi connectivity index (χ4v) is 6.36. The average Bonchev–Trinajstić information content (AvgIpc) is 3.61. The van der Waals surface area contributed by atoms with Gasteiger partial charge in [-0.2, -0.15) is 0 Å². The minimum atomic E-state index is -0.463. The second kappa shape index (κ2) is 9.32. The van der Waals surface area contributed by atoms with Gasteiger partial charge in [0.1, 0.15) is 5.69 Å². The Kier molecular flexibility index (Phi) is 5.83. The van der Waals surface area contributed by atoms with Gasteiger partial charge in [-0.05, 0) is 47.9 Å². The van der Waals surface area contributed by atoms with Gasteiger partial charge in [-0.1, -0.05) is 72.8 Å². The van der Waals surface area contributed by atoms with Crippen LogP contribution in [0, 0.1) is 33.8 Å². The van der Waals surface area contributed by atoms with Gasteiger partial charge in [0, 0.05) is 18.5 Å². The summed E-state index contributed by atoms with van der Waals surface area (Å²) in [5.41, 5.74) is 2.86. The summed E-state index contributed by atoms with van der Waals surface area (Å²) in [4.78, 5) is 39.0. The number of nitro groups is 1. The topological polar surface area (TPSA) is 92.6 Å². The first-order chi connectivity index (χ1) is 18.0. The van der Waals surface area contributed by atoms with E-state index in [2.05, 4.69) is 29.6 Å². The minimum Gasteiger partial charge on any atom is -0.379 e. The fourth-order valence-electron chi connectivity index (χ4n) is 6.36. The van der Waals surface area contributed by atoms with Crippen molar-refractivity contribution in [3.8, 4) is 0 Å². The van der Waals surface area contributed by atoms with Crippen LogP contribution in [-0.4, -0.2) is 23.3 Å². The highest BCUT2D eigenvalue weighted by Gasteiger charge is 2.59. The molecule has 1 aliphatic heterocycles. The van der Waals surface area contributed by atoms with Crippen molar-refractivity contribution in [1.29, 1.82) is 0 Å². The zero-order valence-electron chi connectivity index (χ0n) is 20.2. The molecule has 7 nitrogen and oxygen atoms in total. The van der Waals surface area contributed by atoms with Gasteiger partial charge in [0.25, 0.3) is 5.69 Å². The molecule has 2 bridgehead atoms. The molecule has 37 heavy (non-hydrogen) atoms. The first kappa shape index (κ1) is 23.2. The number of nitrogens with zero attached hydrogens (tertiary/aromatic N) is 2. The molecule has 0 spiro atoms. The molecule has 1 saturated carbocycles. The molecule has 3 aromatic carbocycles. The van der Waals surface area contributed by atoms with Crippen LogP contribution in [0.4, 0.5) is 17.1 Å². The lowest BCUT2D eigenvalue weighted by Crippen LogP contribution is -2.32. The lowest BCUT2D eigenvalue weighted by atomic mass is 9.85. The minimum absolute atomic E-state index is 0.0922. The van der Waals surface area contributed by atoms with Crippen LogP contribution in [0.5, 0.6) is 0 Å². The molecule has 6 rings (SSSR count). The molecule has 2 fully saturated rings. The number of amides is 2. The Bertz CT molecular complexity index is 1320. The molecule has 1 heterocycles. The lowest BCUT2D eigenvalue weighted by Gasteiger charge is -2.20. The van der Waals surface area contributed by atoms with Crippen molar-refractivity contribution in [2.24, 2.45) is 23.7 Å². The van der Waals surface area contributed by atoms with E-state index in [4.69, 9.17) is 0 Å². The van der Waals surface area contributed by atoms with E-state index in [1.54, 1.807) is 12.1 Å². The van der Waals surface area contributed by atoms with Crippen LogP contribution < -0.4 is 10.2 Å². The first-order valence-corrected chi connectivity index (χ1v) is 12.7. The van der Waals surface area contributed by atoms with Crippen LogP contribution in [0.25, 0.3) is 0 Å². The largest absolute Gasteiger partial charge is 0.379 e. The molecule has 0 unspecified atom stereocenters. The molecule has 1 saturated heterocycles. The van der Waals surface area contributed by atoms with E-state index < -0.39 is 4.92 Å². The molecule has 4 atom stereocenters. The van der Waals surface area contributed by atoms with E-state index in [9.17, 15) is 19.7 Å². The number of carbonyl (C=O) groups is 2. The van der Waals surface area contributed by atoms with Gasteiger partial charge in [0.15, 0.2) is 0 Å². The summed E-state index contributed by atoms with van der Waals surface area (Å²) in [5.74, 6) is -0.842. The number of rotatable bonds is 8. The van der Waals surface area contributed by atoms with Gasteiger partial charge in [0.2, 0.25) is 11.8 Å². The van der Waals surface area contributed by atoms with E-state index in [1.807, 2.05) is 48.6 Å². The average molecular weight is 494 g/mol. The highest BCUT2D eigenvalue weighted by Crippen LogP contribution is 2.53. The molecule has 2 amide bonds. The van der Waals surface area contributed by atoms with E-state index in [-0.39, 0.29) is 52.8 Å². The van der Waals surface area contributed by atoms with Crippen LogP contribution >= 0.6 is 0 Å². The monoisotopic (exact) mass is 493 g/mol. The fraction of sp³-hybridized carbons (Fsp3) is 0.267. The van der Waals surface area contributed by atoms with Crippen molar-refractivity contribution in [1.82, 2.24) is 0 Å². The van der Waals surface area contributed by atoms with E-state index >= 15 is 0 Å².